The summed E-state index contributed by atoms with van der Waals surface area (Å²) in [7, 11) is 0. The summed E-state index contributed by atoms with van der Waals surface area (Å²) in [4.78, 5) is 6.88. The molecule has 29 heavy (non-hydrogen) atoms. The lowest BCUT2D eigenvalue weighted by Gasteiger charge is -2.24. The van der Waals surface area contributed by atoms with Crippen LogP contribution in [0, 0.1) is 5.82 Å². The number of likely N-dealkylation sites (tertiary alicyclic amines) is 1. The smallest absolute Gasteiger partial charge is 0.187 e. The molecule has 0 bridgehead atoms. The number of aromatic nitrogens is 4. The van der Waals surface area contributed by atoms with Crippen molar-refractivity contribution in [1.29, 1.82) is 0 Å². The van der Waals surface area contributed by atoms with E-state index in [9.17, 15) is 9.50 Å². The summed E-state index contributed by atoms with van der Waals surface area (Å²) in [6.07, 6.45) is 3.03. The van der Waals surface area contributed by atoms with Crippen molar-refractivity contribution in [2.75, 3.05) is 13.1 Å². The molecule has 7 nitrogen and oxygen atoms in total. The number of aromatic hydroxyl groups is 1. The van der Waals surface area contributed by atoms with E-state index in [1.165, 1.54) is 6.07 Å². The first kappa shape index (κ1) is 18.0. The zero-order chi connectivity index (χ0) is 20.1. The number of fused-ring (bicyclic) bond motifs is 2. The monoisotopic (exact) mass is 392 g/mol. The highest BCUT2D eigenvalue weighted by atomic mass is 19.1. The molecule has 1 aromatic carbocycles. The van der Waals surface area contributed by atoms with Crippen LogP contribution < -0.4 is 5.73 Å². The van der Waals surface area contributed by atoms with Crippen molar-refractivity contribution in [3.63, 3.8) is 0 Å². The van der Waals surface area contributed by atoms with Gasteiger partial charge in [-0.3, -0.25) is 9.30 Å². The van der Waals surface area contributed by atoms with Crippen LogP contribution in [0.4, 0.5) is 4.39 Å². The third kappa shape index (κ3) is 3.10. The topological polar surface area (TPSA) is 92.6 Å². The van der Waals surface area contributed by atoms with E-state index in [1.807, 2.05) is 16.7 Å². The molecule has 0 spiro atoms. The van der Waals surface area contributed by atoms with E-state index in [0.29, 0.717) is 28.1 Å². The Labute approximate surface area is 166 Å². The molecule has 1 fully saturated rings. The Morgan fingerprint density at radius 3 is 2.86 bits per heavy atom. The number of nitrogens with zero attached hydrogens (tertiary/aromatic N) is 5. The van der Waals surface area contributed by atoms with Gasteiger partial charge in [-0.15, -0.1) is 10.2 Å². The lowest BCUT2D eigenvalue weighted by molar-refractivity contribution is 0.259. The minimum Gasteiger partial charge on any atom is -0.506 e. The van der Waals surface area contributed by atoms with Crippen LogP contribution in [-0.4, -0.2) is 48.7 Å². The Bertz CT molecular complexity index is 1220. The van der Waals surface area contributed by atoms with Crippen LogP contribution in [0.5, 0.6) is 5.75 Å². The van der Waals surface area contributed by atoms with Gasteiger partial charge in [0.15, 0.2) is 11.5 Å². The molecule has 148 valence electrons. The highest BCUT2D eigenvalue weighted by Gasteiger charge is 2.25. The van der Waals surface area contributed by atoms with Gasteiger partial charge < -0.3 is 10.8 Å². The third-order valence-electron chi connectivity index (χ3n) is 5.68. The van der Waals surface area contributed by atoms with Gasteiger partial charge in [-0.1, -0.05) is 12.1 Å². The Kier molecular flexibility index (Phi) is 4.18. The van der Waals surface area contributed by atoms with E-state index in [2.05, 4.69) is 33.1 Å². The van der Waals surface area contributed by atoms with Gasteiger partial charge in [0.1, 0.15) is 22.8 Å². The molecule has 1 aliphatic rings. The highest BCUT2D eigenvalue weighted by molar-refractivity contribution is 5.86. The minimum absolute atomic E-state index is 0.199. The molecule has 1 saturated heterocycles. The summed E-state index contributed by atoms with van der Waals surface area (Å²) in [5, 5.41) is 19.1. The van der Waals surface area contributed by atoms with Gasteiger partial charge in [0.05, 0.1) is 0 Å². The van der Waals surface area contributed by atoms with Gasteiger partial charge in [-0.05, 0) is 37.1 Å². The SMILES string of the molecule is C[C@@H](c1ccc2nnc(-c3ccc4cc(F)cc(O)c4n3)n2c1)N1CC[C@H](N)C1. The fourth-order valence-electron chi connectivity index (χ4n) is 4.01. The predicted molar refractivity (Wildman–Crippen MR) is 108 cm³/mol. The fraction of sp³-hybridized carbons (Fsp3) is 0.286. The summed E-state index contributed by atoms with van der Waals surface area (Å²) in [5.74, 6) is -0.133. The van der Waals surface area contributed by atoms with Crippen molar-refractivity contribution in [2.45, 2.75) is 25.4 Å². The summed E-state index contributed by atoms with van der Waals surface area (Å²) in [5.41, 5.74) is 8.79. The Hall–Kier alpha value is -3.10. The van der Waals surface area contributed by atoms with Crippen LogP contribution in [0.25, 0.3) is 28.1 Å². The molecular formula is C21H21FN6O. The van der Waals surface area contributed by atoms with Crippen molar-refractivity contribution in [3.05, 3.63) is 54.0 Å². The standard InChI is InChI=1S/C21H21FN6O/c1-12(27-7-6-16(23)11-27)14-3-5-19-25-26-21(28(19)10-14)17-4-2-13-8-15(22)9-18(29)20(13)24-17/h2-5,8-10,12,16,29H,6-7,11,23H2,1H3/t12-,16-/m0/s1. The number of phenolic OH excluding ortho intramolecular Hbond substituents is 1. The molecule has 0 saturated carbocycles. The molecule has 0 aliphatic carbocycles. The van der Waals surface area contributed by atoms with Crippen molar-refractivity contribution < 1.29 is 9.50 Å². The normalized spacial score (nSPS) is 18.7. The van der Waals surface area contributed by atoms with E-state index < -0.39 is 5.82 Å². The maximum Gasteiger partial charge on any atom is 0.187 e. The molecule has 3 aromatic heterocycles. The van der Waals surface area contributed by atoms with Gasteiger partial charge in [-0.2, -0.15) is 0 Å². The average Bonchev–Trinajstić information content (AvgIpc) is 3.33. The summed E-state index contributed by atoms with van der Waals surface area (Å²) in [6, 6.07) is 10.3. The van der Waals surface area contributed by atoms with Crippen LogP contribution >= 0.6 is 0 Å². The lowest BCUT2D eigenvalue weighted by atomic mass is 10.1. The molecule has 0 unspecified atom stereocenters. The van der Waals surface area contributed by atoms with E-state index in [-0.39, 0.29) is 17.8 Å². The first-order valence-electron chi connectivity index (χ1n) is 9.63. The van der Waals surface area contributed by atoms with Crippen LogP contribution in [0.2, 0.25) is 0 Å². The number of pyridine rings is 2. The molecule has 0 amide bonds. The first-order valence-corrected chi connectivity index (χ1v) is 9.63. The second-order valence-corrected chi connectivity index (χ2v) is 7.63. The largest absolute Gasteiger partial charge is 0.506 e. The van der Waals surface area contributed by atoms with Crippen LogP contribution in [0.3, 0.4) is 0 Å². The lowest BCUT2D eigenvalue weighted by Crippen LogP contribution is -2.28. The number of rotatable bonds is 3. The van der Waals surface area contributed by atoms with Crippen molar-refractivity contribution in [2.24, 2.45) is 5.73 Å². The van der Waals surface area contributed by atoms with Gasteiger partial charge in [0.2, 0.25) is 0 Å². The molecular weight excluding hydrogens is 371 g/mol. The summed E-state index contributed by atoms with van der Waals surface area (Å²) in [6.45, 7) is 4.04. The van der Waals surface area contributed by atoms with Crippen LogP contribution in [-0.2, 0) is 0 Å². The van der Waals surface area contributed by atoms with E-state index >= 15 is 0 Å². The fourth-order valence-corrected chi connectivity index (χ4v) is 4.01. The Morgan fingerprint density at radius 2 is 2.07 bits per heavy atom. The second kappa shape index (κ2) is 6.75. The summed E-state index contributed by atoms with van der Waals surface area (Å²) < 4.78 is 15.4. The van der Waals surface area contributed by atoms with Gasteiger partial charge in [-0.25, -0.2) is 9.37 Å². The van der Waals surface area contributed by atoms with Crippen molar-refractivity contribution in [3.8, 4) is 17.3 Å². The Balaban J connectivity index is 1.58. The number of benzene rings is 1. The van der Waals surface area contributed by atoms with Crippen LogP contribution in [0.1, 0.15) is 24.9 Å². The number of hydrogen-bond donors (Lipinski definition) is 2. The van der Waals surface area contributed by atoms with Crippen molar-refractivity contribution >= 4 is 16.6 Å². The number of halogens is 1. The molecule has 1 aliphatic heterocycles. The zero-order valence-corrected chi connectivity index (χ0v) is 16.0. The van der Waals surface area contributed by atoms with Crippen molar-refractivity contribution in [1.82, 2.24) is 24.5 Å². The predicted octanol–water partition coefficient (Wildman–Crippen LogP) is 2.88. The van der Waals surface area contributed by atoms with Gasteiger partial charge >= 0.3 is 0 Å². The minimum atomic E-state index is -0.502. The first-order chi connectivity index (χ1) is 14.0. The number of hydrogen-bond acceptors (Lipinski definition) is 6. The average molecular weight is 392 g/mol. The molecule has 3 N–H and O–H groups in total. The third-order valence-corrected chi connectivity index (χ3v) is 5.68. The molecule has 8 heteroatoms. The molecule has 2 atom stereocenters. The quantitative estimate of drug-likeness (QED) is 0.557. The van der Waals surface area contributed by atoms with E-state index in [1.54, 1.807) is 12.1 Å². The zero-order valence-electron chi connectivity index (χ0n) is 16.0. The molecule has 4 heterocycles. The number of phenols is 1. The maximum absolute atomic E-state index is 13.5. The van der Waals surface area contributed by atoms with Gasteiger partial charge in [0, 0.05) is 42.8 Å². The highest BCUT2D eigenvalue weighted by Crippen LogP contribution is 2.29. The molecule has 0 radical (unpaired) electrons. The molecule has 4 aromatic rings. The number of nitrogens with two attached hydrogens (primary N) is 1. The van der Waals surface area contributed by atoms with E-state index in [4.69, 9.17) is 5.73 Å². The summed E-state index contributed by atoms with van der Waals surface area (Å²) >= 11 is 0. The van der Waals surface area contributed by atoms with E-state index in [0.717, 1.165) is 31.1 Å². The molecule has 5 rings (SSSR count). The van der Waals surface area contributed by atoms with Crippen LogP contribution in [0.15, 0.2) is 42.6 Å². The maximum atomic E-state index is 13.5. The Morgan fingerprint density at radius 1 is 1.21 bits per heavy atom. The van der Waals surface area contributed by atoms with Gasteiger partial charge in [0.25, 0.3) is 0 Å². The second-order valence-electron chi connectivity index (χ2n) is 7.63.